The van der Waals surface area contributed by atoms with Crippen LogP contribution in [0.5, 0.6) is 0 Å². The lowest BCUT2D eigenvalue weighted by Crippen LogP contribution is -1.80. The fraction of sp³-hybridized carbons (Fsp3) is 0.333. The molecule has 1 heteroatoms. The topological polar surface area (TPSA) is 0 Å². The van der Waals surface area contributed by atoms with Gasteiger partial charge >= 0.3 is 0 Å². The van der Waals surface area contributed by atoms with Crippen LogP contribution in [0, 0.1) is 0 Å². The lowest BCUT2D eigenvalue weighted by Gasteiger charge is -1.99. The molecule has 0 aromatic heterocycles. The molecule has 1 aliphatic rings. The van der Waals surface area contributed by atoms with Crippen molar-refractivity contribution in [3.05, 3.63) is 35.4 Å². The molecule has 2 rings (SSSR count). The van der Waals surface area contributed by atoms with Crippen molar-refractivity contribution in [2.75, 3.05) is 0 Å². The molecule has 51 valence electrons. The zero-order valence-corrected chi connectivity index (χ0v) is 6.53. The molecule has 1 aliphatic carbocycles. The average molecular weight is 149 g/mol. The van der Waals surface area contributed by atoms with Crippen molar-refractivity contribution in [1.82, 2.24) is 0 Å². The molecule has 0 bridgehead atoms. The summed E-state index contributed by atoms with van der Waals surface area (Å²) in [6.07, 6.45) is 2.35. The van der Waals surface area contributed by atoms with Gasteiger partial charge in [0.25, 0.3) is 0 Å². The zero-order chi connectivity index (χ0) is 6.97. The van der Waals surface area contributed by atoms with Crippen LogP contribution in [0.4, 0.5) is 0 Å². The lowest BCUT2D eigenvalue weighted by atomic mass is 10.1. The number of rotatable bonds is 0. The molecular formula is C9H9S. The van der Waals surface area contributed by atoms with Gasteiger partial charge in [-0.1, -0.05) is 36.9 Å². The quantitative estimate of drug-likeness (QED) is 0.532. The first-order chi connectivity index (χ1) is 4.88. The van der Waals surface area contributed by atoms with Gasteiger partial charge in [-0.2, -0.15) is 0 Å². The molecule has 0 aliphatic heterocycles. The molecule has 0 saturated heterocycles. The van der Waals surface area contributed by atoms with Crippen molar-refractivity contribution in [2.24, 2.45) is 0 Å². The largest absolute Gasteiger partial charge is 0.0853 e. The second-order valence-corrected chi connectivity index (χ2v) is 3.30. The number of hydrogen-bond acceptors (Lipinski definition) is 0. The Bertz CT molecular complexity index is 242. The molecule has 0 saturated carbocycles. The smallest absolute Gasteiger partial charge is 0.0407 e. The van der Waals surface area contributed by atoms with Crippen molar-refractivity contribution >= 4 is 12.6 Å². The maximum atomic E-state index is 5.26. The molecule has 1 aromatic carbocycles. The van der Waals surface area contributed by atoms with E-state index < -0.39 is 0 Å². The van der Waals surface area contributed by atoms with Gasteiger partial charge in [0.15, 0.2) is 0 Å². The predicted octanol–water partition coefficient (Wildman–Crippen LogP) is 2.87. The standard InChI is InChI=1S/C9H9S/c10-9-6-5-7-3-1-2-4-8(7)9/h1-4,9H,5-6H2. The van der Waals surface area contributed by atoms with Crippen LogP contribution in [0.2, 0.25) is 0 Å². The van der Waals surface area contributed by atoms with E-state index in [-0.39, 0.29) is 0 Å². The van der Waals surface area contributed by atoms with Gasteiger partial charge in [-0.05, 0) is 24.0 Å². The van der Waals surface area contributed by atoms with E-state index in [4.69, 9.17) is 12.6 Å². The van der Waals surface area contributed by atoms with Crippen LogP contribution in [0.15, 0.2) is 24.3 Å². The molecule has 1 atom stereocenters. The fourth-order valence-corrected chi connectivity index (χ4v) is 1.87. The number of aryl methyl sites for hydroxylation is 1. The first kappa shape index (κ1) is 6.29. The second kappa shape index (κ2) is 2.31. The highest BCUT2D eigenvalue weighted by Crippen LogP contribution is 2.34. The van der Waals surface area contributed by atoms with Gasteiger partial charge in [-0.3, -0.25) is 0 Å². The third-order valence-electron chi connectivity index (χ3n) is 2.08. The van der Waals surface area contributed by atoms with Gasteiger partial charge in [-0.25, -0.2) is 0 Å². The third kappa shape index (κ3) is 0.853. The summed E-state index contributed by atoms with van der Waals surface area (Å²) >= 11 is 5.26. The summed E-state index contributed by atoms with van der Waals surface area (Å²) in [5, 5.41) is 0.385. The Labute approximate surface area is 66.7 Å². The highest BCUT2D eigenvalue weighted by atomic mass is 32.1. The maximum Gasteiger partial charge on any atom is 0.0407 e. The number of fused-ring (bicyclic) bond motifs is 1. The molecule has 0 amide bonds. The molecule has 0 fully saturated rings. The maximum absolute atomic E-state index is 5.26. The highest BCUT2D eigenvalue weighted by molar-refractivity contribution is 7.80. The van der Waals surface area contributed by atoms with Crippen LogP contribution in [0.3, 0.4) is 0 Å². The van der Waals surface area contributed by atoms with Crippen LogP contribution in [-0.2, 0) is 6.42 Å². The Morgan fingerprint density at radius 3 is 2.90 bits per heavy atom. The molecule has 0 spiro atoms. The second-order valence-electron chi connectivity index (χ2n) is 2.73. The molecule has 0 heterocycles. The van der Waals surface area contributed by atoms with E-state index in [1.165, 1.54) is 17.5 Å². The zero-order valence-electron chi connectivity index (χ0n) is 5.71. The Morgan fingerprint density at radius 1 is 1.30 bits per heavy atom. The molecule has 1 radical (unpaired) electrons. The summed E-state index contributed by atoms with van der Waals surface area (Å²) in [5.74, 6) is 0. The van der Waals surface area contributed by atoms with E-state index >= 15 is 0 Å². The van der Waals surface area contributed by atoms with Crippen molar-refractivity contribution in [2.45, 2.75) is 18.1 Å². The fourth-order valence-electron chi connectivity index (χ4n) is 1.52. The van der Waals surface area contributed by atoms with Gasteiger partial charge in [0.05, 0.1) is 0 Å². The first-order valence-corrected chi connectivity index (χ1v) is 4.08. The number of hydrogen-bond donors (Lipinski definition) is 0. The van der Waals surface area contributed by atoms with Gasteiger partial charge in [-0.15, -0.1) is 0 Å². The minimum atomic E-state index is 0.385. The third-order valence-corrected chi connectivity index (χ3v) is 2.57. The average Bonchev–Trinajstić information content (AvgIpc) is 2.34. The molecule has 0 nitrogen and oxygen atoms in total. The van der Waals surface area contributed by atoms with Gasteiger partial charge < -0.3 is 0 Å². The van der Waals surface area contributed by atoms with Crippen molar-refractivity contribution in [3.63, 3.8) is 0 Å². The normalized spacial score (nSPS) is 22.7. The van der Waals surface area contributed by atoms with Crippen molar-refractivity contribution in [1.29, 1.82) is 0 Å². The summed E-state index contributed by atoms with van der Waals surface area (Å²) in [6, 6.07) is 8.50. The lowest BCUT2D eigenvalue weighted by molar-refractivity contribution is 0.897. The summed E-state index contributed by atoms with van der Waals surface area (Å²) in [7, 11) is 0. The van der Waals surface area contributed by atoms with Crippen LogP contribution in [0.1, 0.15) is 22.8 Å². The van der Waals surface area contributed by atoms with E-state index in [1.54, 1.807) is 0 Å². The van der Waals surface area contributed by atoms with Crippen LogP contribution < -0.4 is 0 Å². The highest BCUT2D eigenvalue weighted by Gasteiger charge is 2.17. The van der Waals surface area contributed by atoms with Crippen LogP contribution >= 0.6 is 12.6 Å². The molecule has 10 heavy (non-hydrogen) atoms. The Hall–Kier alpha value is -0.430. The Morgan fingerprint density at radius 2 is 2.10 bits per heavy atom. The predicted molar refractivity (Wildman–Crippen MR) is 45.1 cm³/mol. The van der Waals surface area contributed by atoms with Gasteiger partial charge in [0.2, 0.25) is 0 Å². The van der Waals surface area contributed by atoms with E-state index in [1.807, 2.05) is 0 Å². The van der Waals surface area contributed by atoms with Gasteiger partial charge in [0.1, 0.15) is 0 Å². The van der Waals surface area contributed by atoms with Crippen LogP contribution in [0.25, 0.3) is 0 Å². The Balaban J connectivity index is 2.51. The Kier molecular flexibility index (Phi) is 1.46. The number of benzene rings is 1. The summed E-state index contributed by atoms with van der Waals surface area (Å²) in [6.45, 7) is 0. The van der Waals surface area contributed by atoms with E-state index in [9.17, 15) is 0 Å². The monoisotopic (exact) mass is 149 g/mol. The van der Waals surface area contributed by atoms with E-state index in [0.29, 0.717) is 5.25 Å². The minimum absolute atomic E-state index is 0.385. The summed E-state index contributed by atoms with van der Waals surface area (Å²) in [4.78, 5) is 0. The van der Waals surface area contributed by atoms with Crippen molar-refractivity contribution in [3.8, 4) is 0 Å². The first-order valence-electron chi connectivity index (χ1n) is 3.61. The van der Waals surface area contributed by atoms with E-state index in [2.05, 4.69) is 24.3 Å². The minimum Gasteiger partial charge on any atom is -0.0853 e. The summed E-state index contributed by atoms with van der Waals surface area (Å²) < 4.78 is 0. The molecular weight excluding hydrogens is 140 g/mol. The molecule has 1 unspecified atom stereocenters. The van der Waals surface area contributed by atoms with Crippen LogP contribution in [-0.4, -0.2) is 0 Å². The van der Waals surface area contributed by atoms with Crippen molar-refractivity contribution < 1.29 is 0 Å². The molecule has 0 N–H and O–H groups in total. The molecule has 1 aromatic rings. The van der Waals surface area contributed by atoms with E-state index in [0.717, 1.165) is 6.42 Å². The van der Waals surface area contributed by atoms with Gasteiger partial charge in [0, 0.05) is 5.25 Å². The SMILES string of the molecule is [S]C1CCc2ccccc21. The summed E-state index contributed by atoms with van der Waals surface area (Å²) in [5.41, 5.74) is 2.85.